The average Bonchev–Trinajstić information content (AvgIpc) is 2.55. The molecule has 0 aliphatic carbocycles. The van der Waals surface area contributed by atoms with E-state index >= 15 is 0 Å². The fraction of sp³-hybridized carbons (Fsp3) is 0.444. The Morgan fingerprint density at radius 1 is 1.17 bits per heavy atom. The SMILES string of the molecule is CCCCCCC(=O)NCCOC(=O)/C=C/c1ccc(F)cc1. The monoisotopic (exact) mass is 321 g/mol. The standard InChI is InChI=1S/C18H24FNO3/c1-2-3-4-5-6-17(21)20-13-14-23-18(22)12-9-15-7-10-16(19)11-8-15/h7-12H,2-6,13-14H2,1H3,(H,20,21)/b12-9+. The van der Waals surface area contributed by atoms with E-state index in [9.17, 15) is 14.0 Å². The first kappa shape index (κ1) is 18.9. The van der Waals surface area contributed by atoms with Gasteiger partial charge in [-0.05, 0) is 30.2 Å². The molecule has 1 aromatic rings. The van der Waals surface area contributed by atoms with E-state index in [1.54, 1.807) is 18.2 Å². The zero-order valence-corrected chi connectivity index (χ0v) is 13.5. The largest absolute Gasteiger partial charge is 0.461 e. The molecule has 0 radical (unpaired) electrons. The van der Waals surface area contributed by atoms with Crippen LogP contribution in [0.1, 0.15) is 44.6 Å². The Kier molecular flexibility index (Phi) is 9.36. The number of carbonyl (C=O) groups is 2. The molecule has 126 valence electrons. The molecule has 23 heavy (non-hydrogen) atoms. The maximum absolute atomic E-state index is 12.7. The molecule has 1 amide bonds. The number of unbranched alkanes of at least 4 members (excludes halogenated alkanes) is 3. The van der Waals surface area contributed by atoms with E-state index in [1.165, 1.54) is 18.2 Å². The summed E-state index contributed by atoms with van der Waals surface area (Å²) in [4.78, 5) is 23.0. The molecular formula is C18H24FNO3. The summed E-state index contributed by atoms with van der Waals surface area (Å²) in [6.45, 7) is 2.56. The van der Waals surface area contributed by atoms with Crippen molar-refractivity contribution in [1.82, 2.24) is 5.32 Å². The van der Waals surface area contributed by atoms with Crippen LogP contribution in [-0.4, -0.2) is 25.0 Å². The fourth-order valence-corrected chi connectivity index (χ4v) is 1.93. The Hall–Kier alpha value is -2.17. The molecule has 4 nitrogen and oxygen atoms in total. The third kappa shape index (κ3) is 9.45. The first-order valence-electron chi connectivity index (χ1n) is 7.99. The van der Waals surface area contributed by atoms with E-state index in [2.05, 4.69) is 12.2 Å². The predicted molar refractivity (Wildman–Crippen MR) is 88.2 cm³/mol. The van der Waals surface area contributed by atoms with Crippen LogP contribution in [0, 0.1) is 5.82 Å². The molecule has 0 aliphatic heterocycles. The highest BCUT2D eigenvalue weighted by Crippen LogP contribution is 2.04. The molecule has 1 N–H and O–H groups in total. The molecule has 0 heterocycles. The van der Waals surface area contributed by atoms with Crippen molar-refractivity contribution in [3.8, 4) is 0 Å². The van der Waals surface area contributed by atoms with Crippen molar-refractivity contribution in [2.24, 2.45) is 0 Å². The second-order valence-electron chi connectivity index (χ2n) is 5.21. The van der Waals surface area contributed by atoms with E-state index in [0.29, 0.717) is 18.5 Å². The minimum Gasteiger partial charge on any atom is -0.461 e. The number of nitrogens with one attached hydrogen (secondary N) is 1. The molecule has 5 heteroatoms. The average molecular weight is 321 g/mol. The lowest BCUT2D eigenvalue weighted by Crippen LogP contribution is -2.27. The number of halogens is 1. The van der Waals surface area contributed by atoms with Gasteiger partial charge in [-0.15, -0.1) is 0 Å². The molecule has 0 bridgehead atoms. The number of hydrogen-bond donors (Lipinski definition) is 1. The maximum atomic E-state index is 12.7. The molecule has 0 saturated heterocycles. The van der Waals surface area contributed by atoms with E-state index in [0.717, 1.165) is 25.7 Å². The Labute approximate surface area is 136 Å². The van der Waals surface area contributed by atoms with Crippen molar-refractivity contribution in [2.75, 3.05) is 13.2 Å². The highest BCUT2D eigenvalue weighted by molar-refractivity contribution is 5.87. The highest BCUT2D eigenvalue weighted by atomic mass is 19.1. The summed E-state index contributed by atoms with van der Waals surface area (Å²) in [7, 11) is 0. The summed E-state index contributed by atoms with van der Waals surface area (Å²) in [5.41, 5.74) is 0.712. The topological polar surface area (TPSA) is 55.4 Å². The molecular weight excluding hydrogens is 297 g/mol. The summed E-state index contributed by atoms with van der Waals surface area (Å²) in [5.74, 6) is -0.833. The lowest BCUT2D eigenvalue weighted by Gasteiger charge is -2.05. The maximum Gasteiger partial charge on any atom is 0.330 e. The Balaban J connectivity index is 2.12. The van der Waals surface area contributed by atoms with Gasteiger partial charge in [-0.25, -0.2) is 9.18 Å². The fourth-order valence-electron chi connectivity index (χ4n) is 1.93. The molecule has 0 aliphatic rings. The molecule has 0 fully saturated rings. The molecule has 0 unspecified atom stereocenters. The lowest BCUT2D eigenvalue weighted by molar-refractivity contribution is -0.138. The van der Waals surface area contributed by atoms with Crippen molar-refractivity contribution >= 4 is 18.0 Å². The van der Waals surface area contributed by atoms with Crippen LogP contribution in [0.2, 0.25) is 0 Å². The van der Waals surface area contributed by atoms with Crippen LogP contribution in [0.25, 0.3) is 6.08 Å². The van der Waals surface area contributed by atoms with Crippen LogP contribution < -0.4 is 5.32 Å². The molecule has 1 aromatic carbocycles. The molecule has 0 saturated carbocycles. The Bertz CT molecular complexity index is 512. The van der Waals surface area contributed by atoms with Crippen molar-refractivity contribution < 1.29 is 18.7 Å². The summed E-state index contributed by atoms with van der Waals surface area (Å²) in [6, 6.07) is 5.78. The molecule has 0 atom stereocenters. The van der Waals surface area contributed by atoms with Gasteiger partial charge >= 0.3 is 5.97 Å². The summed E-state index contributed by atoms with van der Waals surface area (Å²) in [5, 5.41) is 2.71. The van der Waals surface area contributed by atoms with Gasteiger partial charge in [0.25, 0.3) is 0 Å². The predicted octanol–water partition coefficient (Wildman–Crippen LogP) is 3.47. The normalized spacial score (nSPS) is 10.7. The third-order valence-electron chi connectivity index (χ3n) is 3.21. The second kappa shape index (κ2) is 11.4. The van der Waals surface area contributed by atoms with Gasteiger partial charge in [0.1, 0.15) is 12.4 Å². The van der Waals surface area contributed by atoms with Crippen molar-refractivity contribution in [2.45, 2.75) is 39.0 Å². The number of esters is 1. The highest BCUT2D eigenvalue weighted by Gasteiger charge is 2.01. The lowest BCUT2D eigenvalue weighted by atomic mass is 10.1. The number of hydrogen-bond acceptors (Lipinski definition) is 3. The van der Waals surface area contributed by atoms with E-state index in [-0.39, 0.29) is 18.3 Å². The van der Waals surface area contributed by atoms with Gasteiger partial charge in [0.05, 0.1) is 6.54 Å². The van der Waals surface area contributed by atoms with Crippen molar-refractivity contribution in [3.63, 3.8) is 0 Å². The van der Waals surface area contributed by atoms with Gasteiger partial charge in [-0.1, -0.05) is 38.3 Å². The second-order valence-corrected chi connectivity index (χ2v) is 5.21. The Morgan fingerprint density at radius 2 is 1.91 bits per heavy atom. The number of ether oxygens (including phenoxy) is 1. The number of benzene rings is 1. The summed E-state index contributed by atoms with van der Waals surface area (Å²) in [6.07, 6.45) is 7.58. The third-order valence-corrected chi connectivity index (χ3v) is 3.21. The zero-order chi connectivity index (χ0) is 16.9. The smallest absolute Gasteiger partial charge is 0.330 e. The van der Waals surface area contributed by atoms with Crippen LogP contribution >= 0.6 is 0 Å². The summed E-state index contributed by atoms with van der Waals surface area (Å²) >= 11 is 0. The van der Waals surface area contributed by atoms with E-state index < -0.39 is 5.97 Å². The molecule has 0 aromatic heterocycles. The van der Waals surface area contributed by atoms with E-state index in [4.69, 9.17) is 4.74 Å². The minimum atomic E-state index is -0.494. The number of rotatable bonds is 10. The van der Waals surface area contributed by atoms with Gasteiger partial charge in [0.15, 0.2) is 0 Å². The van der Waals surface area contributed by atoms with Gasteiger partial charge in [-0.3, -0.25) is 4.79 Å². The molecule has 1 rings (SSSR count). The van der Waals surface area contributed by atoms with Crippen LogP contribution in [0.5, 0.6) is 0 Å². The van der Waals surface area contributed by atoms with E-state index in [1.807, 2.05) is 0 Å². The first-order valence-corrected chi connectivity index (χ1v) is 7.99. The van der Waals surface area contributed by atoms with Gasteiger partial charge in [-0.2, -0.15) is 0 Å². The van der Waals surface area contributed by atoms with Gasteiger partial charge < -0.3 is 10.1 Å². The summed E-state index contributed by atoms with van der Waals surface area (Å²) < 4.78 is 17.7. The van der Waals surface area contributed by atoms with Gasteiger partial charge in [0.2, 0.25) is 5.91 Å². The van der Waals surface area contributed by atoms with Crippen LogP contribution in [-0.2, 0) is 14.3 Å². The van der Waals surface area contributed by atoms with Crippen LogP contribution in [0.15, 0.2) is 30.3 Å². The van der Waals surface area contributed by atoms with Crippen molar-refractivity contribution in [3.05, 3.63) is 41.7 Å². The molecule has 0 spiro atoms. The minimum absolute atomic E-state index is 0.0148. The number of carbonyl (C=O) groups excluding carboxylic acids is 2. The van der Waals surface area contributed by atoms with Gasteiger partial charge in [0, 0.05) is 12.5 Å². The Morgan fingerprint density at radius 3 is 2.61 bits per heavy atom. The van der Waals surface area contributed by atoms with Crippen molar-refractivity contribution in [1.29, 1.82) is 0 Å². The first-order chi connectivity index (χ1) is 11.1. The van der Waals surface area contributed by atoms with Crippen LogP contribution in [0.4, 0.5) is 4.39 Å². The number of amides is 1. The quantitative estimate of drug-likeness (QED) is 0.408. The zero-order valence-electron chi connectivity index (χ0n) is 13.5. The van der Waals surface area contributed by atoms with Crippen LogP contribution in [0.3, 0.4) is 0 Å².